The van der Waals surface area contributed by atoms with Gasteiger partial charge in [0.15, 0.2) is 0 Å². The Labute approximate surface area is 322 Å². The molecular weight excluding hydrogens is 619 g/mol. The molecule has 0 aliphatic heterocycles. The van der Waals surface area contributed by atoms with Crippen molar-refractivity contribution in [2.45, 2.75) is 296 Å². The van der Waals surface area contributed by atoms with Crippen molar-refractivity contribution in [1.82, 2.24) is 5.32 Å². The van der Waals surface area contributed by atoms with E-state index in [0.29, 0.717) is 0 Å². The van der Waals surface area contributed by atoms with E-state index in [9.17, 15) is 4.79 Å². The zero-order valence-electron chi connectivity index (χ0n) is 35.5. The predicted molar refractivity (Wildman–Crippen MR) is 230 cm³/mol. The smallest absolute Gasteiger partial charge is 0.224 e. The molecule has 0 bridgehead atoms. The second-order valence-electron chi connectivity index (χ2n) is 17.1. The molecule has 51 heavy (non-hydrogen) atoms. The Hall–Kier alpha value is -0.790. The van der Waals surface area contributed by atoms with Gasteiger partial charge in [0, 0.05) is 12.1 Å². The van der Waals surface area contributed by atoms with Gasteiger partial charge in [-0.05, 0) is 38.5 Å². The van der Waals surface area contributed by atoms with Gasteiger partial charge in [-0.1, -0.05) is 257 Å². The van der Waals surface area contributed by atoms with Crippen LogP contribution in [0.25, 0.3) is 0 Å². The van der Waals surface area contributed by atoms with Gasteiger partial charge in [-0.25, -0.2) is 0 Å². The molecule has 1 aliphatic carbocycles. The predicted octanol–water partition coefficient (Wildman–Crippen LogP) is 17.6. The molecule has 0 saturated heterocycles. The highest BCUT2D eigenvalue weighted by Crippen LogP contribution is 2.29. The molecular formula is C49H95NO. The molecule has 0 saturated carbocycles. The summed E-state index contributed by atoms with van der Waals surface area (Å²) in [4.78, 5) is 12.6. The van der Waals surface area contributed by atoms with Gasteiger partial charge >= 0.3 is 0 Å². The molecule has 302 valence electrons. The second-order valence-corrected chi connectivity index (χ2v) is 17.1. The number of hydrogen-bond donors (Lipinski definition) is 1. The average molecular weight is 714 g/mol. The van der Waals surface area contributed by atoms with E-state index in [1.54, 1.807) is 5.57 Å². The van der Waals surface area contributed by atoms with E-state index in [0.717, 1.165) is 19.3 Å². The van der Waals surface area contributed by atoms with E-state index >= 15 is 0 Å². The number of carbonyl (C=O) groups is 1. The summed E-state index contributed by atoms with van der Waals surface area (Å²) in [5.41, 5.74) is 2.87. The van der Waals surface area contributed by atoms with Crippen molar-refractivity contribution in [2.75, 3.05) is 0 Å². The lowest BCUT2D eigenvalue weighted by molar-refractivity contribution is -0.120. The zero-order chi connectivity index (χ0) is 36.6. The van der Waals surface area contributed by atoms with Gasteiger partial charge in [-0.15, -0.1) is 0 Å². The van der Waals surface area contributed by atoms with E-state index in [1.165, 1.54) is 269 Å². The van der Waals surface area contributed by atoms with Crippen molar-refractivity contribution in [1.29, 1.82) is 0 Å². The fourth-order valence-electron chi connectivity index (χ4n) is 8.42. The Morgan fingerprint density at radius 1 is 0.373 bits per heavy atom. The summed E-state index contributed by atoms with van der Waals surface area (Å²) < 4.78 is 0. The van der Waals surface area contributed by atoms with Gasteiger partial charge in [0.1, 0.15) is 0 Å². The highest BCUT2D eigenvalue weighted by molar-refractivity contribution is 5.78. The monoisotopic (exact) mass is 714 g/mol. The molecule has 2 heteroatoms. The summed E-state index contributed by atoms with van der Waals surface area (Å²) in [6.07, 6.45) is 60.8. The highest BCUT2D eigenvalue weighted by Gasteiger charge is 2.16. The van der Waals surface area contributed by atoms with Crippen LogP contribution >= 0.6 is 0 Å². The second kappa shape index (κ2) is 40.4. The molecule has 1 rings (SSSR count). The van der Waals surface area contributed by atoms with Crippen LogP contribution in [0.4, 0.5) is 0 Å². The van der Waals surface area contributed by atoms with Crippen LogP contribution in [-0.4, -0.2) is 5.91 Å². The molecule has 0 fully saturated rings. The van der Waals surface area contributed by atoms with Crippen LogP contribution in [0.1, 0.15) is 296 Å². The van der Waals surface area contributed by atoms with E-state index in [1.807, 2.05) is 0 Å². The van der Waals surface area contributed by atoms with E-state index in [-0.39, 0.29) is 5.91 Å². The third-order valence-corrected chi connectivity index (χ3v) is 12.0. The zero-order valence-corrected chi connectivity index (χ0v) is 35.5. The first-order chi connectivity index (χ1) is 25.3. The fourth-order valence-corrected chi connectivity index (χ4v) is 8.42. The molecule has 0 aromatic heterocycles. The first-order valence-corrected chi connectivity index (χ1v) is 24.3. The van der Waals surface area contributed by atoms with Crippen LogP contribution < -0.4 is 5.32 Å². The topological polar surface area (TPSA) is 29.1 Å². The number of unbranched alkanes of at least 4 members (excludes halogenated alkanes) is 37. The maximum Gasteiger partial charge on any atom is 0.224 e. The van der Waals surface area contributed by atoms with Gasteiger partial charge in [0.2, 0.25) is 5.91 Å². The van der Waals surface area contributed by atoms with Crippen molar-refractivity contribution in [2.24, 2.45) is 0 Å². The van der Waals surface area contributed by atoms with E-state index < -0.39 is 0 Å². The van der Waals surface area contributed by atoms with Gasteiger partial charge in [0.25, 0.3) is 0 Å². The number of rotatable bonds is 42. The number of carbonyl (C=O) groups excluding carboxylic acids is 1. The lowest BCUT2D eigenvalue weighted by Gasteiger charge is -2.10. The molecule has 2 nitrogen and oxygen atoms in total. The Morgan fingerprint density at radius 2 is 0.647 bits per heavy atom. The van der Waals surface area contributed by atoms with Crippen molar-refractivity contribution in [3.63, 3.8) is 0 Å². The molecule has 0 aromatic carbocycles. The van der Waals surface area contributed by atoms with Gasteiger partial charge in [-0.2, -0.15) is 0 Å². The largest absolute Gasteiger partial charge is 0.330 e. The molecule has 0 radical (unpaired) electrons. The molecule has 0 heterocycles. The summed E-state index contributed by atoms with van der Waals surface area (Å²) in [6, 6.07) is 0. The minimum atomic E-state index is 0.277. The minimum Gasteiger partial charge on any atom is -0.330 e. The normalized spacial score (nSPS) is 13.1. The standard InChI is InChI=1S/C49H95NO/c1-3-5-7-9-11-13-15-17-18-19-20-21-22-23-24-25-26-27-28-29-31-33-35-37-39-41-46-49(51)50-48-45-42-44-47(48)43-40-38-36-34-32-30-16-14-12-10-8-6-4-2/h3-46H2,1-2H3,(H,50,51). The maximum absolute atomic E-state index is 12.6. The number of hydrogen-bond acceptors (Lipinski definition) is 1. The Balaban J connectivity index is 1.80. The Kier molecular flexibility index (Phi) is 38.2. The Morgan fingerprint density at radius 3 is 0.961 bits per heavy atom. The summed E-state index contributed by atoms with van der Waals surface area (Å²) in [7, 11) is 0. The van der Waals surface area contributed by atoms with Crippen molar-refractivity contribution in [3.8, 4) is 0 Å². The van der Waals surface area contributed by atoms with Gasteiger partial charge in [0.05, 0.1) is 0 Å². The lowest BCUT2D eigenvalue weighted by atomic mass is 10.0. The molecule has 0 unspecified atom stereocenters. The summed E-state index contributed by atoms with van der Waals surface area (Å²) in [5, 5.41) is 3.34. The van der Waals surface area contributed by atoms with Crippen LogP contribution in [0.3, 0.4) is 0 Å². The summed E-state index contributed by atoms with van der Waals surface area (Å²) >= 11 is 0. The van der Waals surface area contributed by atoms with Gasteiger partial charge in [-0.3, -0.25) is 4.79 Å². The summed E-state index contributed by atoms with van der Waals surface area (Å²) in [5.74, 6) is 0.277. The average Bonchev–Trinajstić information content (AvgIpc) is 3.58. The molecule has 0 atom stereocenters. The molecule has 1 aliphatic rings. The van der Waals surface area contributed by atoms with E-state index in [2.05, 4.69) is 19.2 Å². The van der Waals surface area contributed by atoms with Crippen LogP contribution in [0.15, 0.2) is 11.3 Å². The van der Waals surface area contributed by atoms with Crippen molar-refractivity contribution in [3.05, 3.63) is 11.3 Å². The molecule has 1 amide bonds. The van der Waals surface area contributed by atoms with Crippen molar-refractivity contribution < 1.29 is 4.79 Å². The van der Waals surface area contributed by atoms with E-state index in [4.69, 9.17) is 0 Å². The Bertz CT molecular complexity index is 740. The SMILES string of the molecule is CCCCCCCCCCCCCCCCCCCCCCCCCCCCC(=O)NC1=C(CCCCCCCCCCCCCCC)CCC1. The first kappa shape index (κ1) is 48.2. The number of allylic oxidation sites excluding steroid dienone is 2. The fraction of sp³-hybridized carbons (Fsp3) is 0.939. The quantitative estimate of drug-likeness (QED) is 0.0627. The molecule has 1 N–H and O–H groups in total. The van der Waals surface area contributed by atoms with Crippen LogP contribution in [0.5, 0.6) is 0 Å². The highest BCUT2D eigenvalue weighted by atomic mass is 16.1. The third-order valence-electron chi connectivity index (χ3n) is 12.0. The number of amides is 1. The maximum atomic E-state index is 12.6. The minimum absolute atomic E-state index is 0.277. The van der Waals surface area contributed by atoms with Crippen LogP contribution in [0, 0.1) is 0 Å². The summed E-state index contributed by atoms with van der Waals surface area (Å²) in [6.45, 7) is 4.61. The number of nitrogens with one attached hydrogen (secondary N) is 1. The lowest BCUT2D eigenvalue weighted by Crippen LogP contribution is -2.22. The van der Waals surface area contributed by atoms with Crippen LogP contribution in [0.2, 0.25) is 0 Å². The first-order valence-electron chi connectivity index (χ1n) is 24.3. The van der Waals surface area contributed by atoms with Crippen molar-refractivity contribution >= 4 is 5.91 Å². The third kappa shape index (κ3) is 34.7. The molecule has 0 aromatic rings. The van der Waals surface area contributed by atoms with Gasteiger partial charge < -0.3 is 5.32 Å². The molecule has 0 spiro atoms. The van der Waals surface area contributed by atoms with Crippen LogP contribution in [-0.2, 0) is 4.79 Å².